The molecular weight excluding hydrogens is 383 g/mol. The molecule has 4 nitrogen and oxygen atoms in total. The van der Waals surface area contributed by atoms with Crippen LogP contribution in [0.25, 0.3) is 0 Å². The second-order valence-corrected chi connectivity index (χ2v) is 10.7. The van der Waals surface area contributed by atoms with E-state index < -0.39 is 13.4 Å². The highest BCUT2D eigenvalue weighted by atomic mass is 31.2. The summed E-state index contributed by atoms with van der Waals surface area (Å²) in [7, 11) is -4.44. The number of rotatable bonds is 18. The molecule has 1 aliphatic rings. The molecule has 1 fully saturated rings. The molecule has 0 aliphatic heterocycles. The Hall–Kier alpha value is 0.110. The Kier molecular flexibility index (Phi) is 14.8. The fraction of sp³-hybridized carbons (Fsp3) is 1.00. The predicted molar refractivity (Wildman–Crippen MR) is 123 cm³/mol. The van der Waals surface area contributed by atoms with Crippen LogP contribution in [0.15, 0.2) is 0 Å². The maximum absolute atomic E-state index is 11.7. The number of phosphoric ester groups is 1. The minimum Gasteiger partial charge on any atom is -0.303 e. The van der Waals surface area contributed by atoms with E-state index in [2.05, 4.69) is 13.8 Å². The minimum atomic E-state index is -4.44. The third-order valence-corrected chi connectivity index (χ3v) is 7.30. The Morgan fingerprint density at radius 3 is 1.69 bits per heavy atom. The van der Waals surface area contributed by atoms with Crippen LogP contribution in [0.2, 0.25) is 0 Å². The lowest BCUT2D eigenvalue weighted by Crippen LogP contribution is -2.36. The number of hydrogen-bond acceptors (Lipinski definition) is 2. The first kappa shape index (κ1) is 27.1. The third-order valence-electron chi connectivity index (χ3n) is 6.67. The molecule has 2 N–H and O–H groups in total. The van der Waals surface area contributed by atoms with Gasteiger partial charge in [0.05, 0.1) is 5.60 Å². The molecule has 5 heteroatoms. The largest absolute Gasteiger partial charge is 0.470 e. The Morgan fingerprint density at radius 2 is 1.21 bits per heavy atom. The zero-order valence-corrected chi connectivity index (χ0v) is 20.3. The normalized spacial score (nSPS) is 18.1. The van der Waals surface area contributed by atoms with E-state index in [1.54, 1.807) is 0 Å². The summed E-state index contributed by atoms with van der Waals surface area (Å²) in [6.07, 6.45) is 23.7. The van der Waals surface area contributed by atoms with Gasteiger partial charge in [-0.3, -0.25) is 4.52 Å². The molecule has 0 aromatic heterocycles. The van der Waals surface area contributed by atoms with Gasteiger partial charge < -0.3 is 9.79 Å². The lowest BCUT2D eigenvalue weighted by atomic mass is 9.76. The van der Waals surface area contributed by atoms with Crippen molar-refractivity contribution in [3.8, 4) is 0 Å². The van der Waals surface area contributed by atoms with E-state index in [0.29, 0.717) is 5.92 Å². The zero-order valence-electron chi connectivity index (χ0n) is 19.4. The molecule has 1 aliphatic carbocycles. The van der Waals surface area contributed by atoms with Gasteiger partial charge in [0.15, 0.2) is 0 Å². The lowest BCUT2D eigenvalue weighted by molar-refractivity contribution is -0.0185. The van der Waals surface area contributed by atoms with Crippen molar-refractivity contribution in [2.75, 3.05) is 0 Å². The monoisotopic (exact) mass is 432 g/mol. The Labute approximate surface area is 180 Å². The summed E-state index contributed by atoms with van der Waals surface area (Å²) in [6.45, 7) is 4.50. The molecule has 0 bridgehead atoms. The quantitative estimate of drug-likeness (QED) is 0.169. The van der Waals surface area contributed by atoms with Crippen LogP contribution in [0.4, 0.5) is 0 Å². The van der Waals surface area contributed by atoms with Gasteiger partial charge in [0.2, 0.25) is 0 Å². The average molecular weight is 433 g/mol. The van der Waals surface area contributed by atoms with E-state index in [9.17, 15) is 14.4 Å². The smallest absolute Gasteiger partial charge is 0.303 e. The first-order valence-electron chi connectivity index (χ1n) is 12.7. The highest BCUT2D eigenvalue weighted by Crippen LogP contribution is 2.50. The van der Waals surface area contributed by atoms with E-state index >= 15 is 0 Å². The highest BCUT2D eigenvalue weighted by Gasteiger charge is 2.40. The van der Waals surface area contributed by atoms with Crippen molar-refractivity contribution in [3.05, 3.63) is 0 Å². The molecule has 0 aromatic carbocycles. The highest BCUT2D eigenvalue weighted by molar-refractivity contribution is 7.46. The molecule has 1 saturated carbocycles. The Morgan fingerprint density at radius 1 is 0.759 bits per heavy atom. The second kappa shape index (κ2) is 15.8. The van der Waals surface area contributed by atoms with Crippen molar-refractivity contribution in [3.63, 3.8) is 0 Å². The van der Waals surface area contributed by atoms with Crippen molar-refractivity contribution < 1.29 is 18.9 Å². The molecule has 1 unspecified atom stereocenters. The van der Waals surface area contributed by atoms with Crippen LogP contribution in [-0.4, -0.2) is 15.4 Å². The van der Waals surface area contributed by atoms with Gasteiger partial charge in [-0.1, -0.05) is 123 Å². The van der Waals surface area contributed by atoms with Gasteiger partial charge in [-0.15, -0.1) is 0 Å². The molecular formula is C24H49O4P. The van der Waals surface area contributed by atoms with Crippen LogP contribution in [0.5, 0.6) is 0 Å². The van der Waals surface area contributed by atoms with Gasteiger partial charge in [0.25, 0.3) is 0 Å². The Balaban J connectivity index is 2.51. The molecule has 0 radical (unpaired) electrons. The van der Waals surface area contributed by atoms with E-state index in [-0.39, 0.29) is 0 Å². The van der Waals surface area contributed by atoms with Crippen molar-refractivity contribution >= 4 is 7.82 Å². The average Bonchev–Trinajstić information content (AvgIpc) is 2.66. The fourth-order valence-corrected chi connectivity index (χ4v) is 5.84. The molecule has 1 rings (SSSR count). The lowest BCUT2D eigenvalue weighted by Gasteiger charge is -2.39. The molecule has 29 heavy (non-hydrogen) atoms. The minimum absolute atomic E-state index is 0.539. The van der Waals surface area contributed by atoms with Crippen LogP contribution in [-0.2, 0) is 9.09 Å². The van der Waals surface area contributed by atoms with Gasteiger partial charge in [-0.2, -0.15) is 0 Å². The van der Waals surface area contributed by atoms with Gasteiger partial charge in [0, 0.05) is 0 Å². The summed E-state index contributed by atoms with van der Waals surface area (Å²) in [4.78, 5) is 19.0. The van der Waals surface area contributed by atoms with Crippen molar-refractivity contribution in [2.45, 2.75) is 148 Å². The molecule has 0 heterocycles. The van der Waals surface area contributed by atoms with Crippen LogP contribution >= 0.6 is 7.82 Å². The summed E-state index contributed by atoms with van der Waals surface area (Å²) >= 11 is 0. The van der Waals surface area contributed by atoms with E-state index in [0.717, 1.165) is 38.5 Å². The van der Waals surface area contributed by atoms with Crippen LogP contribution in [0.1, 0.15) is 142 Å². The van der Waals surface area contributed by atoms with Gasteiger partial charge in [-0.05, 0) is 25.2 Å². The Bertz CT molecular complexity index is 429. The van der Waals surface area contributed by atoms with E-state index in [1.807, 2.05) is 0 Å². The summed E-state index contributed by atoms with van der Waals surface area (Å²) < 4.78 is 17.1. The molecule has 174 valence electrons. The number of hydrogen-bond donors (Lipinski definition) is 2. The summed E-state index contributed by atoms with van der Waals surface area (Å²) in [5.74, 6) is 0.539. The van der Waals surface area contributed by atoms with Gasteiger partial charge >= 0.3 is 7.82 Å². The molecule has 0 amide bonds. The summed E-state index contributed by atoms with van der Waals surface area (Å²) in [6, 6.07) is 0. The summed E-state index contributed by atoms with van der Waals surface area (Å²) in [5.41, 5.74) is -0.590. The van der Waals surface area contributed by atoms with Crippen LogP contribution in [0, 0.1) is 5.92 Å². The van der Waals surface area contributed by atoms with E-state index in [4.69, 9.17) is 4.52 Å². The van der Waals surface area contributed by atoms with Crippen molar-refractivity contribution in [1.29, 1.82) is 0 Å². The summed E-state index contributed by atoms with van der Waals surface area (Å²) in [5, 5.41) is 0. The number of unbranched alkanes of at least 4 members (excludes halogenated alkanes) is 10. The first-order valence-corrected chi connectivity index (χ1v) is 14.2. The second-order valence-electron chi connectivity index (χ2n) is 9.51. The zero-order chi connectivity index (χ0) is 21.4. The van der Waals surface area contributed by atoms with Crippen molar-refractivity contribution in [2.24, 2.45) is 5.92 Å². The molecule has 0 aromatic rings. The standard InChI is InChI=1S/C24H49O4P/c1-3-5-7-9-10-11-12-15-19-23(18-14-8-6-4-2)22-24(28-29(25,26)27)20-16-13-17-21-24/h23H,3-22H2,1-2H3,(H2,25,26,27). The van der Waals surface area contributed by atoms with Crippen molar-refractivity contribution in [1.82, 2.24) is 0 Å². The van der Waals surface area contributed by atoms with Gasteiger partial charge in [-0.25, -0.2) is 4.57 Å². The third kappa shape index (κ3) is 13.9. The first-order chi connectivity index (χ1) is 13.9. The molecule has 0 spiro atoms. The van der Waals surface area contributed by atoms with Crippen LogP contribution < -0.4 is 0 Å². The SMILES string of the molecule is CCCCCCCCCCC(CCCCCC)CC1(OP(=O)(O)O)CCCCC1. The molecule has 0 saturated heterocycles. The van der Waals surface area contributed by atoms with Crippen LogP contribution in [0.3, 0.4) is 0 Å². The van der Waals surface area contributed by atoms with Gasteiger partial charge in [0.1, 0.15) is 0 Å². The topological polar surface area (TPSA) is 66.8 Å². The van der Waals surface area contributed by atoms with E-state index in [1.165, 1.54) is 89.9 Å². The maximum atomic E-state index is 11.7. The number of phosphoric acid groups is 1. The predicted octanol–water partition coefficient (Wildman–Crippen LogP) is 8.31. The molecule has 1 atom stereocenters. The maximum Gasteiger partial charge on any atom is 0.470 e. The fourth-order valence-electron chi connectivity index (χ4n) is 5.08.